The van der Waals surface area contributed by atoms with Crippen LogP contribution in [0.1, 0.15) is 5.56 Å². The second-order valence-electron chi connectivity index (χ2n) is 4.60. The number of hydrogen-bond donors (Lipinski definition) is 1. The summed E-state index contributed by atoms with van der Waals surface area (Å²) in [6.45, 7) is 0. The maximum Gasteiger partial charge on any atom is 0.418 e. The monoisotopic (exact) mass is 474 g/mol. The molecule has 0 radical (unpaired) electrons. The van der Waals surface area contributed by atoms with Crippen molar-refractivity contribution in [3.63, 3.8) is 0 Å². The molecule has 0 saturated carbocycles. The summed E-state index contributed by atoms with van der Waals surface area (Å²) >= 11 is 14.5. The number of nitro benzene ring substituents is 2. The Kier molecular flexibility index (Phi) is 5.58. The number of pyridine rings is 1. The van der Waals surface area contributed by atoms with Gasteiger partial charge in [0.25, 0.3) is 0 Å². The lowest BCUT2D eigenvalue weighted by atomic mass is 10.1. The zero-order valence-corrected chi connectivity index (χ0v) is 15.1. The molecule has 0 atom stereocenters. The number of anilines is 2. The fourth-order valence-electron chi connectivity index (χ4n) is 1.90. The van der Waals surface area contributed by atoms with Crippen molar-refractivity contribution in [2.45, 2.75) is 6.18 Å². The lowest BCUT2D eigenvalue weighted by Crippen LogP contribution is -2.11. The molecule has 0 bridgehead atoms. The van der Waals surface area contributed by atoms with E-state index in [1.807, 2.05) is 0 Å². The third-order valence-corrected chi connectivity index (χ3v) is 4.06. The number of rotatable bonds is 4. The lowest BCUT2D eigenvalue weighted by molar-refractivity contribution is -0.392. The Labute approximate surface area is 160 Å². The molecular weight excluding hydrogens is 472 g/mol. The maximum atomic E-state index is 13.0. The molecule has 138 valence electrons. The number of nitrogens with zero attached hydrogens (tertiary/aromatic N) is 3. The van der Waals surface area contributed by atoms with Crippen LogP contribution >= 0.6 is 39.1 Å². The second-order valence-corrected chi connectivity index (χ2v) is 6.30. The van der Waals surface area contributed by atoms with Gasteiger partial charge in [-0.1, -0.05) is 23.2 Å². The molecule has 0 saturated heterocycles. The van der Waals surface area contributed by atoms with Crippen molar-refractivity contribution in [3.8, 4) is 0 Å². The summed E-state index contributed by atoms with van der Waals surface area (Å²) in [5, 5.41) is 23.3. The number of nitrogens with one attached hydrogen (secondary N) is 1. The van der Waals surface area contributed by atoms with Crippen LogP contribution in [0.3, 0.4) is 0 Å². The van der Waals surface area contributed by atoms with Gasteiger partial charge in [0, 0.05) is 16.7 Å². The molecule has 0 aliphatic heterocycles. The molecule has 0 aliphatic carbocycles. The van der Waals surface area contributed by atoms with Gasteiger partial charge in [0.15, 0.2) is 5.69 Å². The Morgan fingerprint density at radius 3 is 2.23 bits per heavy atom. The number of nitro groups is 2. The summed E-state index contributed by atoms with van der Waals surface area (Å²) in [5.74, 6) is -0.253. The summed E-state index contributed by atoms with van der Waals surface area (Å²) in [6, 6.07) is 1.42. The van der Waals surface area contributed by atoms with E-state index in [0.29, 0.717) is 4.47 Å². The number of benzene rings is 1. The van der Waals surface area contributed by atoms with E-state index in [1.165, 1.54) is 12.3 Å². The molecule has 0 aliphatic rings. The molecule has 1 heterocycles. The summed E-state index contributed by atoms with van der Waals surface area (Å²) in [7, 11) is 0. The number of hydrogen-bond acceptors (Lipinski definition) is 6. The van der Waals surface area contributed by atoms with Crippen LogP contribution in [0.5, 0.6) is 0 Å². The van der Waals surface area contributed by atoms with E-state index in [9.17, 15) is 33.4 Å². The molecule has 26 heavy (non-hydrogen) atoms. The molecule has 1 aromatic carbocycles. The first kappa shape index (κ1) is 20.1. The first-order chi connectivity index (χ1) is 11.9. The van der Waals surface area contributed by atoms with Gasteiger partial charge in [-0.05, 0) is 22.0 Å². The topological polar surface area (TPSA) is 111 Å². The second kappa shape index (κ2) is 7.21. The van der Waals surface area contributed by atoms with Gasteiger partial charge in [-0.2, -0.15) is 13.2 Å². The summed E-state index contributed by atoms with van der Waals surface area (Å²) < 4.78 is 39.5. The molecule has 2 rings (SSSR count). The molecule has 0 spiro atoms. The molecule has 1 aromatic heterocycles. The molecule has 0 amide bonds. The number of alkyl halides is 3. The van der Waals surface area contributed by atoms with Crippen LogP contribution in [0.2, 0.25) is 10.0 Å². The van der Waals surface area contributed by atoms with E-state index in [0.717, 1.165) is 0 Å². The van der Waals surface area contributed by atoms with E-state index in [1.54, 1.807) is 0 Å². The van der Waals surface area contributed by atoms with Gasteiger partial charge >= 0.3 is 17.6 Å². The SMILES string of the molecule is O=[N+]([O-])c1cc(C(F)(F)F)c(Cl)c([N+](=O)[O-])c1Nc1ncc(Br)cc1Cl. The Morgan fingerprint density at radius 1 is 1.15 bits per heavy atom. The van der Waals surface area contributed by atoms with Gasteiger partial charge in [-0.15, -0.1) is 0 Å². The lowest BCUT2D eigenvalue weighted by Gasteiger charge is -2.13. The normalized spacial score (nSPS) is 11.3. The summed E-state index contributed by atoms with van der Waals surface area (Å²) in [5.41, 5.74) is -5.13. The van der Waals surface area contributed by atoms with Crippen molar-refractivity contribution in [1.82, 2.24) is 4.98 Å². The Morgan fingerprint density at radius 2 is 1.77 bits per heavy atom. The highest BCUT2D eigenvalue weighted by Crippen LogP contribution is 2.48. The first-order valence-corrected chi connectivity index (χ1v) is 7.79. The highest BCUT2D eigenvalue weighted by Gasteiger charge is 2.42. The van der Waals surface area contributed by atoms with Gasteiger partial charge < -0.3 is 5.32 Å². The highest BCUT2D eigenvalue weighted by atomic mass is 79.9. The predicted molar refractivity (Wildman–Crippen MR) is 90.0 cm³/mol. The fourth-order valence-corrected chi connectivity index (χ4v) is 2.90. The van der Waals surface area contributed by atoms with E-state index in [2.05, 4.69) is 26.2 Å². The molecule has 2 aromatic rings. The number of halogens is 6. The zero-order valence-electron chi connectivity index (χ0n) is 12.0. The zero-order chi connectivity index (χ0) is 19.8. The summed E-state index contributed by atoms with van der Waals surface area (Å²) in [6.07, 6.45) is -3.92. The quantitative estimate of drug-likeness (QED) is 0.446. The van der Waals surface area contributed by atoms with Crippen LogP contribution in [0.25, 0.3) is 0 Å². The molecular formula is C12H4BrCl2F3N4O4. The minimum atomic E-state index is -5.14. The maximum absolute atomic E-state index is 13.0. The molecule has 14 heteroatoms. The standard InChI is InChI=1S/C12H4BrCl2F3N4O4/c13-4-1-6(14)11(19-3-4)20-9-7(21(23)24)2-5(12(16,17)18)8(15)10(9)22(25)26/h1-3H,(H,19,20). The van der Waals surface area contributed by atoms with Crippen molar-refractivity contribution >= 4 is 62.0 Å². The van der Waals surface area contributed by atoms with E-state index < -0.39 is 43.7 Å². The van der Waals surface area contributed by atoms with E-state index >= 15 is 0 Å². The van der Waals surface area contributed by atoms with Gasteiger partial charge in [0.1, 0.15) is 10.8 Å². The Balaban J connectivity index is 2.80. The summed E-state index contributed by atoms with van der Waals surface area (Å²) in [4.78, 5) is 23.7. The third kappa shape index (κ3) is 3.97. The molecule has 0 unspecified atom stereocenters. The van der Waals surface area contributed by atoms with Gasteiger partial charge in [0.2, 0.25) is 0 Å². The van der Waals surface area contributed by atoms with E-state index in [-0.39, 0.29) is 16.9 Å². The van der Waals surface area contributed by atoms with Crippen LogP contribution in [0.15, 0.2) is 22.8 Å². The van der Waals surface area contributed by atoms with Crippen molar-refractivity contribution in [2.24, 2.45) is 0 Å². The third-order valence-electron chi connectivity index (χ3n) is 2.95. The minimum absolute atomic E-state index is 0.0982. The molecule has 0 fully saturated rings. The minimum Gasteiger partial charge on any atom is -0.328 e. The fraction of sp³-hybridized carbons (Fsp3) is 0.0833. The average molecular weight is 476 g/mol. The van der Waals surface area contributed by atoms with Crippen LogP contribution in [0, 0.1) is 20.2 Å². The largest absolute Gasteiger partial charge is 0.418 e. The van der Waals surface area contributed by atoms with Crippen molar-refractivity contribution in [3.05, 3.63) is 58.6 Å². The van der Waals surface area contributed by atoms with Crippen LogP contribution < -0.4 is 5.32 Å². The van der Waals surface area contributed by atoms with Gasteiger partial charge in [-0.25, -0.2) is 4.98 Å². The predicted octanol–water partition coefficient (Wildman–Crippen LogP) is 5.73. The average Bonchev–Trinajstić information content (AvgIpc) is 2.48. The number of aromatic nitrogens is 1. The van der Waals surface area contributed by atoms with E-state index in [4.69, 9.17) is 23.2 Å². The molecule has 8 nitrogen and oxygen atoms in total. The molecule has 1 N–H and O–H groups in total. The Bertz CT molecular complexity index is 926. The smallest absolute Gasteiger partial charge is 0.328 e. The first-order valence-electron chi connectivity index (χ1n) is 6.24. The van der Waals surface area contributed by atoms with Crippen molar-refractivity contribution < 1.29 is 23.0 Å². The Hall–Kier alpha value is -2.18. The highest BCUT2D eigenvalue weighted by molar-refractivity contribution is 9.10. The van der Waals surface area contributed by atoms with Gasteiger partial charge in [0.05, 0.1) is 20.4 Å². The van der Waals surface area contributed by atoms with Crippen molar-refractivity contribution in [1.29, 1.82) is 0 Å². The van der Waals surface area contributed by atoms with Crippen LogP contribution in [-0.4, -0.2) is 14.8 Å². The van der Waals surface area contributed by atoms with Crippen LogP contribution in [-0.2, 0) is 6.18 Å². The van der Waals surface area contributed by atoms with Crippen LogP contribution in [0.4, 0.5) is 36.1 Å². The van der Waals surface area contributed by atoms with Crippen molar-refractivity contribution in [2.75, 3.05) is 5.32 Å². The van der Waals surface area contributed by atoms with Gasteiger partial charge in [-0.3, -0.25) is 20.2 Å².